The standard InChI is InChI=1S/C14H12FNOS/c15-11-3-4-13-10(8-11)5-6-16(13)14(17)9-12-2-1-7-18-12/h1-4,7-8H,5-6,9H2. The molecule has 0 fully saturated rings. The SMILES string of the molecule is O=C(Cc1cccs1)N1CCc2cc(F)ccc21. The lowest BCUT2D eigenvalue weighted by Gasteiger charge is -2.16. The summed E-state index contributed by atoms with van der Waals surface area (Å²) in [7, 11) is 0. The van der Waals surface area contributed by atoms with Crippen molar-refractivity contribution in [1.29, 1.82) is 0 Å². The largest absolute Gasteiger partial charge is 0.312 e. The predicted molar refractivity (Wildman–Crippen MR) is 70.5 cm³/mol. The Labute approximate surface area is 109 Å². The monoisotopic (exact) mass is 261 g/mol. The first-order valence-electron chi connectivity index (χ1n) is 5.85. The molecule has 1 aliphatic rings. The molecule has 0 atom stereocenters. The van der Waals surface area contributed by atoms with E-state index in [1.807, 2.05) is 17.5 Å². The molecule has 0 aliphatic carbocycles. The summed E-state index contributed by atoms with van der Waals surface area (Å²) in [5.41, 5.74) is 1.78. The highest BCUT2D eigenvalue weighted by molar-refractivity contribution is 7.10. The number of hydrogen-bond donors (Lipinski definition) is 0. The van der Waals surface area contributed by atoms with E-state index in [-0.39, 0.29) is 11.7 Å². The molecule has 0 N–H and O–H groups in total. The van der Waals surface area contributed by atoms with Crippen LogP contribution < -0.4 is 4.90 Å². The maximum absolute atomic E-state index is 13.1. The van der Waals surface area contributed by atoms with E-state index in [1.54, 1.807) is 22.3 Å². The van der Waals surface area contributed by atoms with Gasteiger partial charge in [-0.2, -0.15) is 0 Å². The van der Waals surface area contributed by atoms with E-state index in [0.29, 0.717) is 13.0 Å². The van der Waals surface area contributed by atoms with Crippen LogP contribution in [0.25, 0.3) is 0 Å². The Bertz CT molecular complexity index is 579. The third kappa shape index (κ3) is 2.04. The smallest absolute Gasteiger partial charge is 0.232 e. The zero-order chi connectivity index (χ0) is 12.5. The van der Waals surface area contributed by atoms with Gasteiger partial charge in [-0.15, -0.1) is 11.3 Å². The topological polar surface area (TPSA) is 20.3 Å². The normalized spacial score (nSPS) is 13.7. The first-order chi connectivity index (χ1) is 8.74. The molecule has 1 aromatic heterocycles. The molecule has 2 heterocycles. The summed E-state index contributed by atoms with van der Waals surface area (Å²) in [6.45, 7) is 0.656. The van der Waals surface area contributed by atoms with Gasteiger partial charge in [0.15, 0.2) is 0 Å². The van der Waals surface area contributed by atoms with E-state index in [9.17, 15) is 9.18 Å². The fourth-order valence-corrected chi connectivity index (χ4v) is 2.98. The minimum Gasteiger partial charge on any atom is -0.312 e. The molecule has 0 saturated carbocycles. The maximum atomic E-state index is 13.1. The Morgan fingerprint density at radius 3 is 3.06 bits per heavy atom. The van der Waals surface area contributed by atoms with Crippen molar-refractivity contribution in [1.82, 2.24) is 0 Å². The number of carbonyl (C=O) groups is 1. The van der Waals surface area contributed by atoms with Gasteiger partial charge in [-0.25, -0.2) is 4.39 Å². The van der Waals surface area contributed by atoms with Crippen molar-refractivity contribution in [3.05, 3.63) is 52.0 Å². The molecule has 3 rings (SSSR count). The lowest BCUT2D eigenvalue weighted by atomic mass is 10.1. The highest BCUT2D eigenvalue weighted by atomic mass is 32.1. The van der Waals surface area contributed by atoms with Crippen LogP contribution in [0, 0.1) is 5.82 Å². The number of hydrogen-bond acceptors (Lipinski definition) is 2. The van der Waals surface area contributed by atoms with Crippen molar-refractivity contribution in [2.24, 2.45) is 0 Å². The summed E-state index contributed by atoms with van der Waals surface area (Å²) >= 11 is 1.59. The highest BCUT2D eigenvalue weighted by Gasteiger charge is 2.24. The molecule has 1 aromatic carbocycles. The molecule has 0 bridgehead atoms. The van der Waals surface area contributed by atoms with Crippen LogP contribution in [-0.4, -0.2) is 12.5 Å². The van der Waals surface area contributed by atoms with Crippen LogP contribution in [0.15, 0.2) is 35.7 Å². The minimum absolute atomic E-state index is 0.0859. The Morgan fingerprint density at radius 2 is 2.28 bits per heavy atom. The lowest BCUT2D eigenvalue weighted by Crippen LogP contribution is -2.30. The molecule has 2 aromatic rings. The number of thiophene rings is 1. The fraction of sp³-hybridized carbons (Fsp3) is 0.214. The Morgan fingerprint density at radius 1 is 1.39 bits per heavy atom. The van der Waals surface area contributed by atoms with Crippen molar-refractivity contribution < 1.29 is 9.18 Å². The maximum Gasteiger partial charge on any atom is 0.232 e. The average Bonchev–Trinajstić information content (AvgIpc) is 2.97. The molecule has 0 saturated heterocycles. The molecule has 2 nitrogen and oxygen atoms in total. The molecule has 0 spiro atoms. The first-order valence-corrected chi connectivity index (χ1v) is 6.73. The van der Waals surface area contributed by atoms with Crippen molar-refractivity contribution in [3.8, 4) is 0 Å². The van der Waals surface area contributed by atoms with E-state index in [1.165, 1.54) is 12.1 Å². The van der Waals surface area contributed by atoms with Crippen LogP contribution in [0.4, 0.5) is 10.1 Å². The molecule has 4 heteroatoms. The number of fused-ring (bicyclic) bond motifs is 1. The Kier molecular flexibility index (Phi) is 2.88. The summed E-state index contributed by atoms with van der Waals surface area (Å²) < 4.78 is 13.1. The number of rotatable bonds is 2. The van der Waals surface area contributed by atoms with Crippen molar-refractivity contribution in [3.63, 3.8) is 0 Å². The molecule has 0 radical (unpaired) electrons. The van der Waals surface area contributed by atoms with E-state index in [4.69, 9.17) is 0 Å². The average molecular weight is 261 g/mol. The van der Waals surface area contributed by atoms with Gasteiger partial charge in [0.2, 0.25) is 5.91 Å². The van der Waals surface area contributed by atoms with Gasteiger partial charge in [-0.05, 0) is 41.6 Å². The van der Waals surface area contributed by atoms with Gasteiger partial charge in [-0.1, -0.05) is 6.07 Å². The Hall–Kier alpha value is -1.68. The van der Waals surface area contributed by atoms with Gasteiger partial charge in [0.05, 0.1) is 6.42 Å². The van der Waals surface area contributed by atoms with E-state index < -0.39 is 0 Å². The van der Waals surface area contributed by atoms with E-state index >= 15 is 0 Å². The summed E-state index contributed by atoms with van der Waals surface area (Å²) in [5, 5.41) is 1.97. The van der Waals surface area contributed by atoms with Gasteiger partial charge in [0.25, 0.3) is 0 Å². The van der Waals surface area contributed by atoms with Gasteiger partial charge in [0.1, 0.15) is 5.82 Å². The predicted octanol–water partition coefficient (Wildman–Crippen LogP) is 3.02. The molecule has 1 amide bonds. The second-order valence-electron chi connectivity index (χ2n) is 4.32. The quantitative estimate of drug-likeness (QED) is 0.813. The third-order valence-electron chi connectivity index (χ3n) is 3.14. The molecule has 92 valence electrons. The highest BCUT2D eigenvalue weighted by Crippen LogP contribution is 2.29. The second kappa shape index (κ2) is 4.53. The number of benzene rings is 1. The van der Waals surface area contributed by atoms with Crippen LogP contribution in [0.2, 0.25) is 0 Å². The third-order valence-corrected chi connectivity index (χ3v) is 4.02. The zero-order valence-electron chi connectivity index (χ0n) is 9.73. The van der Waals surface area contributed by atoms with Crippen molar-refractivity contribution in [2.45, 2.75) is 12.8 Å². The van der Waals surface area contributed by atoms with E-state index in [0.717, 1.165) is 22.5 Å². The number of halogens is 1. The minimum atomic E-state index is -0.235. The molecular weight excluding hydrogens is 249 g/mol. The van der Waals surface area contributed by atoms with Gasteiger partial charge < -0.3 is 4.90 Å². The number of anilines is 1. The van der Waals surface area contributed by atoms with Crippen LogP contribution in [0.3, 0.4) is 0 Å². The van der Waals surface area contributed by atoms with Crippen molar-refractivity contribution >= 4 is 22.9 Å². The molecule has 18 heavy (non-hydrogen) atoms. The number of nitrogens with zero attached hydrogens (tertiary/aromatic N) is 1. The van der Waals surface area contributed by atoms with Crippen LogP contribution in [0.5, 0.6) is 0 Å². The lowest BCUT2D eigenvalue weighted by molar-refractivity contribution is -0.117. The van der Waals surface area contributed by atoms with Gasteiger partial charge >= 0.3 is 0 Å². The number of amides is 1. The summed E-state index contributed by atoms with van der Waals surface area (Å²) in [6.07, 6.45) is 1.16. The summed E-state index contributed by atoms with van der Waals surface area (Å²) in [4.78, 5) is 15.0. The van der Waals surface area contributed by atoms with Crippen LogP contribution in [0.1, 0.15) is 10.4 Å². The molecule has 0 unspecified atom stereocenters. The summed E-state index contributed by atoms with van der Waals surface area (Å²) in [5.74, 6) is -0.149. The fourth-order valence-electron chi connectivity index (χ4n) is 2.29. The first kappa shape index (κ1) is 11.4. The van der Waals surface area contributed by atoms with Gasteiger partial charge in [-0.3, -0.25) is 4.79 Å². The molecular formula is C14H12FNOS. The van der Waals surface area contributed by atoms with E-state index in [2.05, 4.69) is 0 Å². The molecule has 1 aliphatic heterocycles. The second-order valence-corrected chi connectivity index (χ2v) is 5.36. The zero-order valence-corrected chi connectivity index (χ0v) is 10.5. The van der Waals surface area contributed by atoms with Crippen LogP contribution in [-0.2, 0) is 17.6 Å². The summed E-state index contributed by atoms with van der Waals surface area (Å²) in [6, 6.07) is 8.54. The van der Waals surface area contributed by atoms with Crippen molar-refractivity contribution in [2.75, 3.05) is 11.4 Å². The Balaban J connectivity index is 1.81. The number of carbonyl (C=O) groups excluding carboxylic acids is 1. The van der Waals surface area contributed by atoms with Crippen LogP contribution >= 0.6 is 11.3 Å². The van der Waals surface area contributed by atoms with Gasteiger partial charge in [0, 0.05) is 17.1 Å².